The van der Waals surface area contributed by atoms with Crippen LogP contribution >= 0.6 is 0 Å². The molecule has 1 rings (SSSR count). The van der Waals surface area contributed by atoms with Crippen LogP contribution in [0.15, 0.2) is 0 Å². The van der Waals surface area contributed by atoms with Crippen molar-refractivity contribution in [3.05, 3.63) is 0 Å². The van der Waals surface area contributed by atoms with Gasteiger partial charge >= 0.3 is 0 Å². The molecule has 0 radical (unpaired) electrons. The zero-order valence-electron chi connectivity index (χ0n) is 12.6. The van der Waals surface area contributed by atoms with Gasteiger partial charge in [0.25, 0.3) is 0 Å². The summed E-state index contributed by atoms with van der Waals surface area (Å²) in [5, 5.41) is 0. The highest BCUT2D eigenvalue weighted by Gasteiger charge is 2.38. The second kappa shape index (κ2) is 7.43. The molecule has 0 aromatic rings. The standard InChI is InChI=1S/C14H31N3O/c1-5-13-10-16(3)8-7-9-17(13)14(6-2,11-15)12-18-4/h13H,5-12,15H2,1-4H3. The number of nitrogens with zero attached hydrogens (tertiary/aromatic N) is 2. The van der Waals surface area contributed by atoms with E-state index < -0.39 is 0 Å². The summed E-state index contributed by atoms with van der Waals surface area (Å²) < 4.78 is 5.47. The lowest BCUT2D eigenvalue weighted by Crippen LogP contribution is -2.61. The SMILES string of the molecule is CCC1CN(C)CCCN1C(CC)(CN)COC. The summed E-state index contributed by atoms with van der Waals surface area (Å²) in [6.45, 7) is 9.38. The predicted molar refractivity (Wildman–Crippen MR) is 76.9 cm³/mol. The van der Waals surface area contributed by atoms with Gasteiger partial charge in [-0.25, -0.2) is 0 Å². The summed E-state index contributed by atoms with van der Waals surface area (Å²) in [7, 11) is 4.00. The molecule has 0 bridgehead atoms. The number of hydrogen-bond donors (Lipinski definition) is 1. The summed E-state index contributed by atoms with van der Waals surface area (Å²) >= 11 is 0. The van der Waals surface area contributed by atoms with Gasteiger partial charge in [-0.2, -0.15) is 0 Å². The second-order valence-electron chi connectivity index (χ2n) is 5.59. The first-order valence-electron chi connectivity index (χ1n) is 7.27. The average molecular weight is 257 g/mol. The molecule has 2 unspecified atom stereocenters. The molecule has 4 nitrogen and oxygen atoms in total. The highest BCUT2D eigenvalue weighted by Crippen LogP contribution is 2.26. The summed E-state index contributed by atoms with van der Waals surface area (Å²) in [4.78, 5) is 5.07. The van der Waals surface area contributed by atoms with E-state index in [1.165, 1.54) is 19.4 Å². The van der Waals surface area contributed by atoms with Gasteiger partial charge in [-0.3, -0.25) is 4.90 Å². The molecule has 0 spiro atoms. The molecular formula is C14H31N3O. The third kappa shape index (κ3) is 3.44. The van der Waals surface area contributed by atoms with Crippen molar-refractivity contribution in [2.75, 3.05) is 46.9 Å². The molecule has 1 fully saturated rings. The Kier molecular flexibility index (Phi) is 6.57. The minimum atomic E-state index is 0.0145. The van der Waals surface area contributed by atoms with Crippen molar-refractivity contribution in [3.8, 4) is 0 Å². The van der Waals surface area contributed by atoms with Crippen molar-refractivity contribution in [1.82, 2.24) is 9.80 Å². The van der Waals surface area contributed by atoms with Gasteiger partial charge in [0.2, 0.25) is 0 Å². The Morgan fingerprint density at radius 2 is 2.06 bits per heavy atom. The van der Waals surface area contributed by atoms with E-state index in [1.54, 1.807) is 7.11 Å². The number of hydrogen-bond acceptors (Lipinski definition) is 4. The molecule has 2 N–H and O–H groups in total. The Morgan fingerprint density at radius 1 is 1.33 bits per heavy atom. The lowest BCUT2D eigenvalue weighted by atomic mass is 9.92. The zero-order valence-corrected chi connectivity index (χ0v) is 12.6. The predicted octanol–water partition coefficient (Wildman–Crippen LogP) is 1.16. The van der Waals surface area contributed by atoms with Crippen molar-refractivity contribution in [1.29, 1.82) is 0 Å². The number of ether oxygens (including phenoxy) is 1. The monoisotopic (exact) mass is 257 g/mol. The van der Waals surface area contributed by atoms with Crippen LogP contribution in [0.2, 0.25) is 0 Å². The Hall–Kier alpha value is -0.160. The van der Waals surface area contributed by atoms with Crippen LogP contribution in [0.25, 0.3) is 0 Å². The van der Waals surface area contributed by atoms with Crippen molar-refractivity contribution in [2.45, 2.75) is 44.7 Å². The van der Waals surface area contributed by atoms with Crippen LogP contribution in [0.3, 0.4) is 0 Å². The number of likely N-dealkylation sites (N-methyl/N-ethyl adjacent to an activating group) is 1. The first kappa shape index (κ1) is 15.9. The molecule has 18 heavy (non-hydrogen) atoms. The fraction of sp³-hybridized carbons (Fsp3) is 1.00. The third-order valence-electron chi connectivity index (χ3n) is 4.43. The first-order chi connectivity index (χ1) is 8.63. The van der Waals surface area contributed by atoms with Gasteiger partial charge in [-0.05, 0) is 32.9 Å². The largest absolute Gasteiger partial charge is 0.383 e. The van der Waals surface area contributed by atoms with E-state index in [-0.39, 0.29) is 5.54 Å². The molecule has 0 saturated carbocycles. The molecule has 0 aliphatic carbocycles. The molecule has 1 aliphatic rings. The Balaban J connectivity index is 2.91. The number of methoxy groups -OCH3 is 1. The molecule has 1 heterocycles. The van der Waals surface area contributed by atoms with Crippen LogP contribution in [0, 0.1) is 0 Å². The molecule has 1 aliphatic heterocycles. The smallest absolute Gasteiger partial charge is 0.0659 e. The summed E-state index contributed by atoms with van der Waals surface area (Å²) in [6.07, 6.45) is 3.45. The molecule has 0 amide bonds. The Bertz CT molecular complexity index is 231. The third-order valence-corrected chi connectivity index (χ3v) is 4.43. The van der Waals surface area contributed by atoms with Crippen molar-refractivity contribution in [3.63, 3.8) is 0 Å². The minimum Gasteiger partial charge on any atom is -0.383 e. The van der Waals surface area contributed by atoms with Crippen LogP contribution < -0.4 is 5.73 Å². The lowest BCUT2D eigenvalue weighted by Gasteiger charge is -2.46. The molecule has 1 saturated heterocycles. The molecule has 2 atom stereocenters. The molecule has 0 aromatic carbocycles. The number of rotatable bonds is 6. The molecule has 4 heteroatoms. The van der Waals surface area contributed by atoms with Gasteiger partial charge in [0.05, 0.1) is 12.1 Å². The van der Waals surface area contributed by atoms with Crippen LogP contribution in [-0.4, -0.2) is 68.3 Å². The summed E-state index contributed by atoms with van der Waals surface area (Å²) in [5.41, 5.74) is 6.12. The van der Waals surface area contributed by atoms with Gasteiger partial charge in [0.15, 0.2) is 0 Å². The van der Waals surface area contributed by atoms with E-state index in [0.717, 1.165) is 26.1 Å². The van der Waals surface area contributed by atoms with Crippen LogP contribution in [-0.2, 0) is 4.74 Å². The highest BCUT2D eigenvalue weighted by molar-refractivity contribution is 4.95. The van der Waals surface area contributed by atoms with Crippen molar-refractivity contribution >= 4 is 0 Å². The van der Waals surface area contributed by atoms with E-state index in [2.05, 4.69) is 30.7 Å². The molecule has 108 valence electrons. The minimum absolute atomic E-state index is 0.0145. The maximum absolute atomic E-state index is 6.10. The maximum Gasteiger partial charge on any atom is 0.0659 e. The average Bonchev–Trinajstić information content (AvgIpc) is 2.58. The van der Waals surface area contributed by atoms with E-state index in [0.29, 0.717) is 12.6 Å². The molecule has 0 aromatic heterocycles. The summed E-state index contributed by atoms with van der Waals surface area (Å²) in [6, 6.07) is 0.594. The fourth-order valence-electron chi connectivity index (χ4n) is 3.19. The van der Waals surface area contributed by atoms with Gasteiger partial charge < -0.3 is 15.4 Å². The van der Waals surface area contributed by atoms with Crippen LogP contribution in [0.1, 0.15) is 33.1 Å². The fourth-order valence-corrected chi connectivity index (χ4v) is 3.19. The normalized spacial score (nSPS) is 26.8. The first-order valence-corrected chi connectivity index (χ1v) is 7.27. The Morgan fingerprint density at radius 3 is 2.56 bits per heavy atom. The Labute approximate surface area is 112 Å². The van der Waals surface area contributed by atoms with E-state index >= 15 is 0 Å². The van der Waals surface area contributed by atoms with Crippen LogP contribution in [0.5, 0.6) is 0 Å². The van der Waals surface area contributed by atoms with E-state index in [1.807, 2.05) is 0 Å². The quantitative estimate of drug-likeness (QED) is 0.775. The van der Waals surface area contributed by atoms with E-state index in [9.17, 15) is 0 Å². The van der Waals surface area contributed by atoms with Gasteiger partial charge in [0, 0.05) is 32.8 Å². The van der Waals surface area contributed by atoms with Crippen molar-refractivity contribution in [2.24, 2.45) is 5.73 Å². The topological polar surface area (TPSA) is 41.7 Å². The van der Waals surface area contributed by atoms with Crippen molar-refractivity contribution < 1.29 is 4.74 Å². The van der Waals surface area contributed by atoms with Crippen LogP contribution in [0.4, 0.5) is 0 Å². The zero-order chi connectivity index (χ0) is 13.6. The summed E-state index contributed by atoms with van der Waals surface area (Å²) in [5.74, 6) is 0. The van der Waals surface area contributed by atoms with Gasteiger partial charge in [-0.15, -0.1) is 0 Å². The van der Waals surface area contributed by atoms with Gasteiger partial charge in [-0.1, -0.05) is 13.8 Å². The highest BCUT2D eigenvalue weighted by atomic mass is 16.5. The second-order valence-corrected chi connectivity index (χ2v) is 5.59. The maximum atomic E-state index is 6.10. The molecular weight excluding hydrogens is 226 g/mol. The van der Waals surface area contributed by atoms with E-state index in [4.69, 9.17) is 10.5 Å². The number of nitrogens with two attached hydrogens (primary N) is 1. The van der Waals surface area contributed by atoms with Gasteiger partial charge in [0.1, 0.15) is 0 Å². The lowest BCUT2D eigenvalue weighted by molar-refractivity contribution is -0.0145.